The summed E-state index contributed by atoms with van der Waals surface area (Å²) < 4.78 is 19.3. The number of nitrogens with zero attached hydrogens (tertiary/aromatic N) is 4. The smallest absolute Gasteiger partial charge is 0.336 e. The molecule has 1 atom stereocenters. The summed E-state index contributed by atoms with van der Waals surface area (Å²) in [6.45, 7) is 2.76. The van der Waals surface area contributed by atoms with E-state index in [2.05, 4.69) is 38.7 Å². The second-order valence-electron chi connectivity index (χ2n) is 11.7. The first kappa shape index (κ1) is 29.9. The fourth-order valence-corrected chi connectivity index (χ4v) is 6.21. The van der Waals surface area contributed by atoms with Crippen LogP contribution in [0.2, 0.25) is 0 Å². The molecule has 2 N–H and O–H groups in total. The number of anilines is 2. The summed E-state index contributed by atoms with van der Waals surface area (Å²) in [5.41, 5.74) is 6.85. The summed E-state index contributed by atoms with van der Waals surface area (Å²) >= 11 is 0. The Morgan fingerprint density at radius 2 is 1.89 bits per heavy atom. The third kappa shape index (κ3) is 7.33. The van der Waals surface area contributed by atoms with Crippen molar-refractivity contribution in [1.29, 1.82) is 0 Å². The Hall–Kier alpha value is -4.11. The molecule has 3 aliphatic heterocycles. The number of aliphatic imine (C=N–C) groups is 1. The number of rotatable bonds is 12. The highest BCUT2D eigenvalue weighted by Crippen LogP contribution is 2.33. The molecule has 1 unspecified atom stereocenters. The zero-order chi connectivity index (χ0) is 30.1. The molecule has 8 nitrogen and oxygen atoms in total. The number of esters is 1. The van der Waals surface area contributed by atoms with Crippen molar-refractivity contribution in [2.45, 2.75) is 63.8 Å². The van der Waals surface area contributed by atoms with E-state index >= 15 is 0 Å². The molecule has 5 heterocycles. The number of halogens is 1. The largest absolute Gasteiger partial charge is 0.427 e. The number of unbranched alkanes of at least 4 members (excludes halogenated alkanes) is 1. The van der Waals surface area contributed by atoms with E-state index in [4.69, 9.17) is 14.7 Å². The third-order valence-electron chi connectivity index (χ3n) is 8.56. The summed E-state index contributed by atoms with van der Waals surface area (Å²) in [4.78, 5) is 29.9. The fourth-order valence-electron chi connectivity index (χ4n) is 6.21. The molecular formula is C35H41FN6O2. The number of fused-ring (bicyclic) bond motifs is 6. The second-order valence-corrected chi connectivity index (χ2v) is 11.7. The van der Waals surface area contributed by atoms with Crippen LogP contribution in [0, 0.1) is 0 Å². The van der Waals surface area contributed by atoms with Gasteiger partial charge >= 0.3 is 5.97 Å². The molecule has 6 rings (SSSR count). The predicted octanol–water partition coefficient (Wildman–Crippen LogP) is 6.20. The van der Waals surface area contributed by atoms with Crippen molar-refractivity contribution < 1.29 is 13.9 Å². The number of alkyl halides is 1. The van der Waals surface area contributed by atoms with Gasteiger partial charge in [0.2, 0.25) is 0 Å². The molecule has 44 heavy (non-hydrogen) atoms. The Bertz CT molecular complexity index is 1510. The molecule has 9 heteroatoms. The van der Waals surface area contributed by atoms with Crippen LogP contribution in [0.1, 0.15) is 67.3 Å². The van der Waals surface area contributed by atoms with Crippen molar-refractivity contribution in [2.24, 2.45) is 4.99 Å². The Morgan fingerprint density at radius 3 is 2.77 bits per heavy atom. The maximum Gasteiger partial charge on any atom is 0.336 e. The van der Waals surface area contributed by atoms with E-state index in [1.807, 2.05) is 30.3 Å². The Kier molecular flexibility index (Phi) is 9.92. The monoisotopic (exact) mass is 596 g/mol. The van der Waals surface area contributed by atoms with E-state index in [-0.39, 0.29) is 12.6 Å². The predicted molar refractivity (Wildman–Crippen MR) is 173 cm³/mol. The minimum absolute atomic E-state index is 0.350. The van der Waals surface area contributed by atoms with E-state index in [1.165, 1.54) is 5.56 Å². The average Bonchev–Trinajstić information content (AvgIpc) is 3.05. The van der Waals surface area contributed by atoms with Gasteiger partial charge in [-0.25, -0.2) is 9.78 Å². The Balaban J connectivity index is 1.14. The van der Waals surface area contributed by atoms with Gasteiger partial charge in [0.05, 0.1) is 12.4 Å². The Labute approximate surface area is 258 Å². The molecule has 0 aliphatic carbocycles. The van der Waals surface area contributed by atoms with Crippen molar-refractivity contribution in [3.63, 3.8) is 0 Å². The molecule has 0 saturated heterocycles. The van der Waals surface area contributed by atoms with Crippen LogP contribution < -0.4 is 10.6 Å². The SMILES string of the molecule is O=C1O/C2=C(/c3cccnc3)Nc3ccccc3C(=NC1CCN(CCCF)CCCCc1ccc3c(n1)NCCC3)CC2. The highest BCUT2D eigenvalue weighted by Gasteiger charge is 2.30. The lowest BCUT2D eigenvalue weighted by molar-refractivity contribution is -0.141. The number of pyridine rings is 2. The van der Waals surface area contributed by atoms with Gasteiger partial charge in [0, 0.05) is 66.7 Å². The van der Waals surface area contributed by atoms with Crippen LogP contribution in [0.5, 0.6) is 0 Å². The van der Waals surface area contributed by atoms with Gasteiger partial charge in [-0.2, -0.15) is 0 Å². The number of hydrogen-bond donors (Lipinski definition) is 2. The molecule has 3 aliphatic rings. The number of allylic oxidation sites excluding steroid dienone is 1. The van der Waals surface area contributed by atoms with Gasteiger partial charge < -0.3 is 20.3 Å². The molecule has 3 aromatic rings. The van der Waals surface area contributed by atoms with Gasteiger partial charge in [0.25, 0.3) is 0 Å². The van der Waals surface area contributed by atoms with Crippen LogP contribution >= 0.6 is 0 Å². The lowest BCUT2D eigenvalue weighted by Crippen LogP contribution is -2.34. The van der Waals surface area contributed by atoms with Crippen LogP contribution in [0.15, 0.2) is 71.7 Å². The van der Waals surface area contributed by atoms with E-state index in [9.17, 15) is 9.18 Å². The molecular weight excluding hydrogens is 555 g/mol. The van der Waals surface area contributed by atoms with Gasteiger partial charge in [-0.1, -0.05) is 24.3 Å². The maximum atomic E-state index is 13.6. The number of hydrogen-bond acceptors (Lipinski definition) is 8. The quantitative estimate of drug-likeness (QED) is 0.190. The molecule has 0 amide bonds. The van der Waals surface area contributed by atoms with Crippen molar-refractivity contribution in [2.75, 3.05) is 43.5 Å². The topological polar surface area (TPSA) is 91.7 Å². The average molecular weight is 597 g/mol. The molecule has 2 aromatic heterocycles. The number of carbonyl (C=O) groups is 1. The van der Waals surface area contributed by atoms with E-state index < -0.39 is 6.04 Å². The molecule has 0 saturated carbocycles. The first-order valence-corrected chi connectivity index (χ1v) is 16.0. The third-order valence-corrected chi connectivity index (χ3v) is 8.56. The first-order valence-electron chi connectivity index (χ1n) is 16.0. The minimum atomic E-state index is -0.637. The van der Waals surface area contributed by atoms with Gasteiger partial charge in [-0.3, -0.25) is 14.4 Å². The standard InChI is InChI=1S/C35H41FN6O2/c36-18-7-22-42(21-4-3-10-27-14-13-25-8-6-20-38-34(25)39-27)23-17-31-35(43)44-32-16-15-30(40-31)28-11-1-2-12-29(28)41-33(32)26-9-5-19-37-24-26/h1-2,5,9,11-14,19,24,31,41H,3-4,6-8,10,15-18,20-23H2,(H,38,39)/b33-32-,40-30?. The summed E-state index contributed by atoms with van der Waals surface area (Å²) in [5, 5.41) is 6.92. The van der Waals surface area contributed by atoms with E-state index in [1.54, 1.807) is 12.4 Å². The highest BCUT2D eigenvalue weighted by molar-refractivity contribution is 6.08. The zero-order valence-electron chi connectivity index (χ0n) is 25.2. The lowest BCUT2D eigenvalue weighted by atomic mass is 9.97. The van der Waals surface area contributed by atoms with Gasteiger partial charge in [0.15, 0.2) is 0 Å². The molecule has 0 spiro atoms. The highest BCUT2D eigenvalue weighted by atomic mass is 19.1. The van der Waals surface area contributed by atoms with E-state index in [0.29, 0.717) is 44.5 Å². The molecule has 0 fully saturated rings. The summed E-state index contributed by atoms with van der Waals surface area (Å²) in [7, 11) is 0. The number of benzene rings is 1. The van der Waals surface area contributed by atoms with Gasteiger partial charge in [-0.05, 0) is 87.7 Å². The number of carbonyl (C=O) groups excluding carboxylic acids is 1. The molecule has 0 radical (unpaired) electrons. The van der Waals surface area contributed by atoms with Crippen LogP contribution in [0.4, 0.5) is 15.9 Å². The molecule has 1 aromatic carbocycles. The Morgan fingerprint density at radius 1 is 0.977 bits per heavy atom. The molecule has 230 valence electrons. The van der Waals surface area contributed by atoms with E-state index in [0.717, 1.165) is 84.9 Å². The normalized spacial score (nSPS) is 19.4. The number of ether oxygens (including phenoxy) is 1. The number of aromatic nitrogens is 2. The maximum absolute atomic E-state index is 13.6. The van der Waals surface area contributed by atoms with Crippen LogP contribution in [-0.2, 0) is 22.4 Å². The minimum Gasteiger partial charge on any atom is -0.427 e. The fraction of sp³-hybridized carbons (Fsp3) is 0.429. The first-order chi connectivity index (χ1) is 21.7. The van der Waals surface area contributed by atoms with Gasteiger partial charge in [-0.15, -0.1) is 0 Å². The van der Waals surface area contributed by atoms with Crippen molar-refractivity contribution in [3.05, 3.63) is 89.1 Å². The van der Waals surface area contributed by atoms with Crippen LogP contribution in [0.3, 0.4) is 0 Å². The second kappa shape index (κ2) is 14.6. The zero-order valence-corrected chi connectivity index (χ0v) is 25.2. The summed E-state index contributed by atoms with van der Waals surface area (Å²) in [5.74, 6) is 1.29. The number of aryl methyl sites for hydroxylation is 2. The lowest BCUT2D eigenvalue weighted by Gasteiger charge is -2.28. The van der Waals surface area contributed by atoms with Crippen LogP contribution in [0.25, 0.3) is 5.70 Å². The number of para-hydroxylation sites is 1. The summed E-state index contributed by atoms with van der Waals surface area (Å²) in [6, 6.07) is 15.6. The van der Waals surface area contributed by atoms with Gasteiger partial charge in [0.1, 0.15) is 17.6 Å². The molecule has 2 bridgehead atoms. The van der Waals surface area contributed by atoms with Crippen molar-refractivity contribution >= 4 is 28.9 Å². The number of nitrogens with one attached hydrogen (secondary N) is 2. The summed E-state index contributed by atoms with van der Waals surface area (Å²) in [6.07, 6.45) is 10.8. The van der Waals surface area contributed by atoms with Crippen molar-refractivity contribution in [3.8, 4) is 0 Å². The van der Waals surface area contributed by atoms with Crippen molar-refractivity contribution in [1.82, 2.24) is 14.9 Å². The van der Waals surface area contributed by atoms with Crippen LogP contribution in [-0.4, -0.2) is 65.4 Å².